The van der Waals surface area contributed by atoms with Crippen LogP contribution in [0.15, 0.2) is 16.6 Å². The summed E-state index contributed by atoms with van der Waals surface area (Å²) in [5.41, 5.74) is 7.83. The third-order valence-corrected chi connectivity index (χ3v) is 2.94. The number of halogens is 1. The maximum Gasteiger partial charge on any atom is 0.257 e. The fourth-order valence-electron chi connectivity index (χ4n) is 1.71. The van der Waals surface area contributed by atoms with Gasteiger partial charge < -0.3 is 15.8 Å². The summed E-state index contributed by atoms with van der Waals surface area (Å²) in [6, 6.07) is 3.99. The molecule has 0 spiro atoms. The van der Waals surface area contributed by atoms with E-state index >= 15 is 0 Å². The zero-order valence-electron chi connectivity index (χ0n) is 10.9. The first-order valence-corrected chi connectivity index (χ1v) is 6.61. The fourth-order valence-corrected chi connectivity index (χ4v) is 2.33. The number of aryl methyl sites for hydroxylation is 1. The van der Waals surface area contributed by atoms with Crippen LogP contribution < -0.4 is 15.8 Å². The molecule has 100 valence electrons. The predicted octanol–water partition coefficient (Wildman–Crippen LogP) is 1.77. The number of amides is 1. The summed E-state index contributed by atoms with van der Waals surface area (Å²) in [4.78, 5) is 11.2. The molecule has 1 rings (SSSR count). The van der Waals surface area contributed by atoms with Crippen LogP contribution in [0.5, 0.6) is 5.75 Å². The van der Waals surface area contributed by atoms with Crippen molar-refractivity contribution in [2.24, 2.45) is 5.73 Å². The molecular formula is C13H19BrN2O2. The Morgan fingerprint density at radius 3 is 2.78 bits per heavy atom. The van der Waals surface area contributed by atoms with Crippen molar-refractivity contribution in [2.45, 2.75) is 26.3 Å². The Morgan fingerprint density at radius 2 is 2.22 bits per heavy atom. The summed E-state index contributed by atoms with van der Waals surface area (Å²) in [6.45, 7) is 3.92. The number of likely N-dealkylation sites (N-methyl/N-ethyl adjacent to an activating group) is 1. The number of nitrogens with one attached hydrogen (secondary N) is 1. The van der Waals surface area contributed by atoms with Gasteiger partial charge in [-0.1, -0.05) is 15.9 Å². The molecule has 0 saturated carbocycles. The molecule has 1 atom stereocenters. The lowest BCUT2D eigenvalue weighted by Crippen LogP contribution is -2.25. The number of hydrogen-bond donors (Lipinski definition) is 2. The SMILES string of the molecule is CNC(=O)COc1c(C)cc(Br)cc1CC(C)N. The molecule has 0 heterocycles. The van der Waals surface area contributed by atoms with Crippen LogP contribution in [-0.4, -0.2) is 25.6 Å². The minimum atomic E-state index is -0.149. The fraction of sp³-hybridized carbons (Fsp3) is 0.462. The van der Waals surface area contributed by atoms with Crippen molar-refractivity contribution in [3.05, 3.63) is 27.7 Å². The van der Waals surface area contributed by atoms with Crippen molar-refractivity contribution < 1.29 is 9.53 Å². The molecule has 0 aliphatic heterocycles. The van der Waals surface area contributed by atoms with Crippen LogP contribution in [0.3, 0.4) is 0 Å². The van der Waals surface area contributed by atoms with Crippen molar-refractivity contribution in [1.29, 1.82) is 0 Å². The van der Waals surface area contributed by atoms with E-state index in [1.807, 2.05) is 26.0 Å². The minimum absolute atomic E-state index is 0.0188. The van der Waals surface area contributed by atoms with Gasteiger partial charge >= 0.3 is 0 Å². The Bertz CT molecular complexity index is 433. The van der Waals surface area contributed by atoms with Gasteiger partial charge in [0.2, 0.25) is 0 Å². The first-order valence-electron chi connectivity index (χ1n) is 5.82. The van der Waals surface area contributed by atoms with Crippen molar-refractivity contribution in [3.63, 3.8) is 0 Å². The summed E-state index contributed by atoms with van der Waals surface area (Å²) >= 11 is 3.46. The van der Waals surface area contributed by atoms with Crippen molar-refractivity contribution in [2.75, 3.05) is 13.7 Å². The molecule has 0 bridgehead atoms. The molecule has 0 saturated heterocycles. The first-order chi connectivity index (χ1) is 8.43. The number of carbonyl (C=O) groups excluding carboxylic acids is 1. The first kappa shape index (κ1) is 15.0. The van der Waals surface area contributed by atoms with Crippen LogP contribution in [-0.2, 0) is 11.2 Å². The van der Waals surface area contributed by atoms with Gasteiger partial charge in [0.1, 0.15) is 5.75 Å². The van der Waals surface area contributed by atoms with E-state index < -0.39 is 0 Å². The molecule has 1 aromatic rings. The second-order valence-electron chi connectivity index (χ2n) is 4.35. The quantitative estimate of drug-likeness (QED) is 0.870. The third kappa shape index (κ3) is 4.31. The van der Waals surface area contributed by atoms with Crippen molar-refractivity contribution in [3.8, 4) is 5.75 Å². The van der Waals surface area contributed by atoms with Crippen LogP contribution >= 0.6 is 15.9 Å². The Morgan fingerprint density at radius 1 is 1.56 bits per heavy atom. The average molecular weight is 315 g/mol. The van der Waals surface area contributed by atoms with Gasteiger partial charge in [-0.15, -0.1) is 0 Å². The molecule has 4 nitrogen and oxygen atoms in total. The molecule has 1 aromatic carbocycles. The molecule has 1 unspecified atom stereocenters. The highest BCUT2D eigenvalue weighted by Crippen LogP contribution is 2.29. The Labute approximate surface area is 116 Å². The Kier molecular flexibility index (Phi) is 5.62. The smallest absolute Gasteiger partial charge is 0.257 e. The van der Waals surface area contributed by atoms with Gasteiger partial charge in [-0.05, 0) is 43.5 Å². The maximum atomic E-state index is 11.2. The predicted molar refractivity (Wildman–Crippen MR) is 75.8 cm³/mol. The molecule has 3 N–H and O–H groups in total. The molecular weight excluding hydrogens is 296 g/mol. The molecule has 0 fully saturated rings. The van der Waals surface area contributed by atoms with E-state index in [2.05, 4.69) is 21.2 Å². The van der Waals surface area contributed by atoms with Crippen LogP contribution in [0.1, 0.15) is 18.1 Å². The summed E-state index contributed by atoms with van der Waals surface area (Å²) in [6.07, 6.45) is 0.712. The highest BCUT2D eigenvalue weighted by atomic mass is 79.9. The van der Waals surface area contributed by atoms with Crippen LogP contribution in [0.4, 0.5) is 0 Å². The van der Waals surface area contributed by atoms with Gasteiger partial charge in [0.05, 0.1) is 0 Å². The summed E-state index contributed by atoms with van der Waals surface area (Å²) in [5.74, 6) is 0.600. The van der Waals surface area contributed by atoms with E-state index in [1.165, 1.54) is 0 Å². The molecule has 5 heteroatoms. The number of rotatable bonds is 5. The van der Waals surface area contributed by atoms with E-state index in [-0.39, 0.29) is 18.6 Å². The molecule has 18 heavy (non-hydrogen) atoms. The number of nitrogens with two attached hydrogens (primary N) is 1. The molecule has 0 radical (unpaired) electrons. The normalized spacial score (nSPS) is 12.1. The molecule has 1 amide bonds. The van der Waals surface area contributed by atoms with Crippen LogP contribution in [0, 0.1) is 6.92 Å². The topological polar surface area (TPSA) is 64.3 Å². The largest absolute Gasteiger partial charge is 0.483 e. The van der Waals surface area contributed by atoms with E-state index in [9.17, 15) is 4.79 Å². The van der Waals surface area contributed by atoms with Gasteiger partial charge in [-0.2, -0.15) is 0 Å². The van der Waals surface area contributed by atoms with Crippen LogP contribution in [0.25, 0.3) is 0 Å². The highest BCUT2D eigenvalue weighted by Gasteiger charge is 2.12. The second-order valence-corrected chi connectivity index (χ2v) is 5.27. The third-order valence-electron chi connectivity index (χ3n) is 2.48. The van der Waals surface area contributed by atoms with Crippen molar-refractivity contribution >= 4 is 21.8 Å². The average Bonchev–Trinajstić information content (AvgIpc) is 2.26. The van der Waals surface area contributed by atoms with Gasteiger partial charge in [0.15, 0.2) is 6.61 Å². The zero-order valence-corrected chi connectivity index (χ0v) is 12.5. The molecule has 0 aliphatic carbocycles. The van der Waals surface area contributed by atoms with E-state index in [1.54, 1.807) is 7.05 Å². The summed E-state index contributed by atoms with van der Waals surface area (Å²) < 4.78 is 6.58. The summed E-state index contributed by atoms with van der Waals surface area (Å²) in [5, 5.41) is 2.53. The molecule has 0 aliphatic rings. The monoisotopic (exact) mass is 314 g/mol. The number of ether oxygens (including phenoxy) is 1. The van der Waals surface area contributed by atoms with Crippen LogP contribution in [0.2, 0.25) is 0 Å². The number of carbonyl (C=O) groups is 1. The standard InChI is InChI=1S/C13H19BrN2O2/c1-8-4-11(14)6-10(5-9(2)15)13(8)18-7-12(17)16-3/h4,6,9H,5,7,15H2,1-3H3,(H,16,17). The lowest BCUT2D eigenvalue weighted by Gasteiger charge is -2.16. The van der Waals surface area contributed by atoms with E-state index in [4.69, 9.17) is 10.5 Å². The minimum Gasteiger partial charge on any atom is -0.483 e. The number of benzene rings is 1. The van der Waals surface area contributed by atoms with E-state index in [0.717, 1.165) is 21.3 Å². The zero-order chi connectivity index (χ0) is 13.7. The second kappa shape index (κ2) is 6.75. The lowest BCUT2D eigenvalue weighted by molar-refractivity contribution is -0.122. The number of hydrogen-bond acceptors (Lipinski definition) is 3. The highest BCUT2D eigenvalue weighted by molar-refractivity contribution is 9.10. The summed E-state index contributed by atoms with van der Waals surface area (Å²) in [7, 11) is 1.59. The van der Waals surface area contributed by atoms with Gasteiger partial charge in [-0.3, -0.25) is 4.79 Å². The Balaban J connectivity index is 2.96. The van der Waals surface area contributed by atoms with Crippen molar-refractivity contribution in [1.82, 2.24) is 5.32 Å². The van der Waals surface area contributed by atoms with Gasteiger partial charge in [0.25, 0.3) is 5.91 Å². The maximum absolute atomic E-state index is 11.2. The Hall–Kier alpha value is -1.07. The van der Waals surface area contributed by atoms with Gasteiger partial charge in [-0.25, -0.2) is 0 Å². The van der Waals surface area contributed by atoms with Gasteiger partial charge in [0, 0.05) is 17.6 Å². The van der Waals surface area contributed by atoms with E-state index in [0.29, 0.717) is 6.42 Å². The lowest BCUT2D eigenvalue weighted by atomic mass is 10.0. The molecule has 0 aromatic heterocycles.